The van der Waals surface area contributed by atoms with Crippen LogP contribution in [0.15, 0.2) is 30.6 Å². The van der Waals surface area contributed by atoms with E-state index >= 15 is 0 Å². The van der Waals surface area contributed by atoms with Crippen LogP contribution in [0.3, 0.4) is 0 Å². The fourth-order valence-corrected chi connectivity index (χ4v) is 4.12. The second-order valence-corrected chi connectivity index (χ2v) is 8.88. The van der Waals surface area contributed by atoms with Gasteiger partial charge in [0.05, 0.1) is 43.4 Å². The van der Waals surface area contributed by atoms with Gasteiger partial charge in [0, 0.05) is 24.7 Å². The molecule has 2 aliphatic heterocycles. The molecule has 8 nitrogen and oxygen atoms in total. The van der Waals surface area contributed by atoms with E-state index in [0.29, 0.717) is 17.8 Å². The largest absolute Gasteiger partial charge is 0.465 e. The molecule has 0 spiro atoms. The lowest BCUT2D eigenvalue weighted by Gasteiger charge is -2.40. The number of aromatic nitrogens is 2. The Hall–Kier alpha value is -2.94. The number of fused-ring (bicyclic) bond motifs is 1. The highest BCUT2D eigenvalue weighted by atomic mass is 19.1. The molecule has 0 saturated carbocycles. The number of alkyl halides is 1. The summed E-state index contributed by atoms with van der Waals surface area (Å²) < 4.78 is 20.8. The van der Waals surface area contributed by atoms with E-state index in [2.05, 4.69) is 5.10 Å². The number of benzene rings is 1. The van der Waals surface area contributed by atoms with Crippen molar-refractivity contribution in [1.29, 1.82) is 0 Å². The Morgan fingerprint density at radius 3 is 2.65 bits per heavy atom. The van der Waals surface area contributed by atoms with E-state index in [9.17, 15) is 19.1 Å². The molecule has 2 amide bonds. The molecular formula is C22H27FN4O4. The van der Waals surface area contributed by atoms with E-state index in [4.69, 9.17) is 4.74 Å². The number of rotatable bonds is 5. The van der Waals surface area contributed by atoms with Gasteiger partial charge in [-0.25, -0.2) is 9.18 Å². The van der Waals surface area contributed by atoms with Crippen LogP contribution in [0.2, 0.25) is 0 Å². The van der Waals surface area contributed by atoms with Crippen molar-refractivity contribution in [2.45, 2.75) is 45.4 Å². The number of carbonyl (C=O) groups is 2. The Morgan fingerprint density at radius 1 is 1.29 bits per heavy atom. The first-order valence-corrected chi connectivity index (χ1v) is 10.4. The van der Waals surface area contributed by atoms with Gasteiger partial charge in [-0.15, -0.1) is 0 Å². The molecule has 9 heteroatoms. The third kappa shape index (κ3) is 4.14. The second kappa shape index (κ2) is 7.96. The zero-order chi connectivity index (χ0) is 22.3. The monoisotopic (exact) mass is 430 g/mol. The van der Waals surface area contributed by atoms with Gasteiger partial charge in [0.25, 0.3) is 0 Å². The number of anilines is 2. The van der Waals surface area contributed by atoms with Crippen molar-refractivity contribution in [3.05, 3.63) is 30.6 Å². The minimum absolute atomic E-state index is 0.0229. The maximum Gasteiger partial charge on any atom is 0.411 e. The van der Waals surface area contributed by atoms with Crippen LogP contribution in [0.4, 0.5) is 20.6 Å². The van der Waals surface area contributed by atoms with Gasteiger partial charge in [0.15, 0.2) is 5.67 Å². The van der Waals surface area contributed by atoms with Crippen LogP contribution >= 0.6 is 0 Å². The Bertz CT molecular complexity index is 1000. The Labute approximate surface area is 180 Å². The van der Waals surface area contributed by atoms with Crippen molar-refractivity contribution in [3.8, 4) is 11.1 Å². The molecule has 2 aromatic rings. The molecule has 0 unspecified atom stereocenters. The standard InChI is InChI=1S/C22H27FN4O4/c1-14(2)6-20(28)27-15(3)9-26(21(29)30)19-7-16(4-5-18(19)27)17-8-24-25(10-17)11-22(23)12-31-13-22/h4-5,7-8,10,14-15H,6,9,11-13H2,1-3H3,(H,29,30)/t15-/m0/s1. The van der Waals surface area contributed by atoms with Crippen molar-refractivity contribution in [2.75, 3.05) is 29.6 Å². The minimum atomic E-state index is -1.40. The first-order valence-electron chi connectivity index (χ1n) is 10.4. The minimum Gasteiger partial charge on any atom is -0.465 e. The van der Waals surface area contributed by atoms with E-state index in [1.54, 1.807) is 29.4 Å². The Balaban J connectivity index is 1.67. The number of carboxylic acid groups (broad SMARTS) is 1. The first-order chi connectivity index (χ1) is 14.7. The third-order valence-corrected chi connectivity index (χ3v) is 5.63. The lowest BCUT2D eigenvalue weighted by Crippen LogP contribution is -2.51. The molecule has 1 aromatic carbocycles. The molecule has 166 valence electrons. The maximum absolute atomic E-state index is 14.3. The lowest BCUT2D eigenvalue weighted by molar-refractivity contribution is -0.138. The third-order valence-electron chi connectivity index (χ3n) is 5.63. The molecule has 1 fully saturated rings. The van der Waals surface area contributed by atoms with Gasteiger partial charge in [0.2, 0.25) is 5.91 Å². The maximum atomic E-state index is 14.3. The number of halogens is 1. The highest BCUT2D eigenvalue weighted by Crippen LogP contribution is 2.39. The van der Waals surface area contributed by atoms with Crippen molar-refractivity contribution >= 4 is 23.4 Å². The van der Waals surface area contributed by atoms with Crippen LogP contribution in [0.25, 0.3) is 11.1 Å². The molecule has 4 rings (SSSR count). The van der Waals surface area contributed by atoms with Crippen LogP contribution in [0, 0.1) is 5.92 Å². The van der Waals surface area contributed by atoms with Crippen LogP contribution in [0.1, 0.15) is 27.2 Å². The van der Waals surface area contributed by atoms with E-state index in [-0.39, 0.29) is 44.2 Å². The van der Waals surface area contributed by atoms with Gasteiger partial charge in [-0.2, -0.15) is 5.10 Å². The quantitative estimate of drug-likeness (QED) is 0.784. The highest BCUT2D eigenvalue weighted by molar-refractivity contribution is 6.03. The Kier molecular flexibility index (Phi) is 5.47. The summed E-state index contributed by atoms with van der Waals surface area (Å²) in [6.07, 6.45) is 2.68. The van der Waals surface area contributed by atoms with Crippen molar-refractivity contribution in [2.24, 2.45) is 5.92 Å². The van der Waals surface area contributed by atoms with E-state index in [0.717, 1.165) is 11.1 Å². The summed E-state index contributed by atoms with van der Waals surface area (Å²) in [4.78, 5) is 27.8. The molecular weight excluding hydrogens is 403 g/mol. The van der Waals surface area contributed by atoms with Crippen molar-refractivity contribution in [3.63, 3.8) is 0 Å². The molecule has 1 N–H and O–H groups in total. The molecule has 1 saturated heterocycles. The zero-order valence-electron chi connectivity index (χ0n) is 17.9. The topological polar surface area (TPSA) is 87.9 Å². The molecule has 1 atom stereocenters. The summed E-state index contributed by atoms with van der Waals surface area (Å²) >= 11 is 0. The number of hydrogen-bond acceptors (Lipinski definition) is 4. The fourth-order valence-electron chi connectivity index (χ4n) is 4.12. The summed E-state index contributed by atoms with van der Waals surface area (Å²) in [6, 6.07) is 5.10. The van der Waals surface area contributed by atoms with Gasteiger partial charge in [0.1, 0.15) is 0 Å². The summed E-state index contributed by atoms with van der Waals surface area (Å²) in [6.45, 7) is 6.24. The average molecular weight is 430 g/mol. The first kappa shape index (κ1) is 21.3. The van der Waals surface area contributed by atoms with E-state index in [1.165, 1.54) is 9.58 Å². The van der Waals surface area contributed by atoms with E-state index < -0.39 is 11.8 Å². The SMILES string of the molecule is CC(C)CC(=O)N1c2ccc(-c3cnn(CC4(F)COC4)c3)cc2N(C(=O)O)C[C@@H]1C. The van der Waals surface area contributed by atoms with Crippen LogP contribution in [-0.4, -0.2) is 58.4 Å². The molecule has 3 heterocycles. The zero-order valence-corrected chi connectivity index (χ0v) is 17.9. The van der Waals surface area contributed by atoms with Crippen LogP contribution in [-0.2, 0) is 16.1 Å². The predicted molar refractivity (Wildman–Crippen MR) is 114 cm³/mol. The number of amides is 2. The van der Waals surface area contributed by atoms with Crippen LogP contribution < -0.4 is 9.80 Å². The smallest absolute Gasteiger partial charge is 0.411 e. The van der Waals surface area contributed by atoms with Gasteiger partial charge >= 0.3 is 6.09 Å². The molecule has 0 bridgehead atoms. The van der Waals surface area contributed by atoms with E-state index in [1.807, 2.05) is 26.8 Å². The van der Waals surface area contributed by atoms with Crippen molar-refractivity contribution < 1.29 is 23.8 Å². The van der Waals surface area contributed by atoms with Gasteiger partial charge < -0.3 is 14.7 Å². The second-order valence-electron chi connectivity index (χ2n) is 8.88. The summed E-state index contributed by atoms with van der Waals surface area (Å²) in [5.74, 6) is 0.177. The van der Waals surface area contributed by atoms with Gasteiger partial charge in [-0.1, -0.05) is 19.9 Å². The average Bonchev–Trinajstić information content (AvgIpc) is 3.13. The normalized spacial score (nSPS) is 19.8. The number of ether oxygens (including phenoxy) is 1. The number of carbonyl (C=O) groups excluding carboxylic acids is 1. The van der Waals surface area contributed by atoms with Crippen molar-refractivity contribution in [1.82, 2.24) is 9.78 Å². The van der Waals surface area contributed by atoms with Gasteiger partial charge in [-0.05, 0) is 30.5 Å². The number of hydrogen-bond donors (Lipinski definition) is 1. The molecule has 31 heavy (non-hydrogen) atoms. The summed E-state index contributed by atoms with van der Waals surface area (Å²) in [5, 5.41) is 14.0. The molecule has 2 aliphatic rings. The number of nitrogens with zero attached hydrogens (tertiary/aromatic N) is 4. The fraction of sp³-hybridized carbons (Fsp3) is 0.500. The molecule has 0 aliphatic carbocycles. The molecule has 1 aromatic heterocycles. The predicted octanol–water partition coefficient (Wildman–Crippen LogP) is 3.55. The summed E-state index contributed by atoms with van der Waals surface area (Å²) in [5.41, 5.74) is 1.14. The molecule has 0 radical (unpaired) electrons. The summed E-state index contributed by atoms with van der Waals surface area (Å²) in [7, 11) is 0. The Morgan fingerprint density at radius 2 is 2.03 bits per heavy atom. The lowest BCUT2D eigenvalue weighted by atomic mass is 10.0. The highest BCUT2D eigenvalue weighted by Gasteiger charge is 2.39. The van der Waals surface area contributed by atoms with Crippen LogP contribution in [0.5, 0.6) is 0 Å². The van der Waals surface area contributed by atoms with Gasteiger partial charge in [-0.3, -0.25) is 14.4 Å².